The molecular weight excluding hydrogens is 138 g/mol. The lowest BCUT2D eigenvalue weighted by Crippen LogP contribution is -2.48. The zero-order valence-electron chi connectivity index (χ0n) is 7.23. The molecule has 1 aliphatic carbocycles. The van der Waals surface area contributed by atoms with E-state index in [0.29, 0.717) is 0 Å². The third-order valence-corrected chi connectivity index (χ3v) is 3.00. The number of ether oxygens (including phenoxy) is 1. The maximum Gasteiger partial charge on any atom is 0.119 e. The van der Waals surface area contributed by atoms with E-state index in [-0.39, 0.29) is 5.72 Å². The first-order valence-electron chi connectivity index (χ1n) is 4.74. The van der Waals surface area contributed by atoms with E-state index < -0.39 is 0 Å². The second-order valence-electron chi connectivity index (χ2n) is 3.75. The zero-order chi connectivity index (χ0) is 7.73. The highest BCUT2D eigenvalue weighted by Gasteiger charge is 2.42. The van der Waals surface area contributed by atoms with Gasteiger partial charge < -0.3 is 4.74 Å². The molecule has 0 aromatic heterocycles. The van der Waals surface area contributed by atoms with Gasteiger partial charge in [-0.1, -0.05) is 0 Å². The van der Waals surface area contributed by atoms with Crippen molar-refractivity contribution in [1.29, 1.82) is 0 Å². The first-order valence-corrected chi connectivity index (χ1v) is 4.74. The summed E-state index contributed by atoms with van der Waals surface area (Å²) in [5.41, 5.74) is 0.0949. The van der Waals surface area contributed by atoms with E-state index in [1.807, 2.05) is 0 Å². The van der Waals surface area contributed by atoms with E-state index in [0.717, 1.165) is 19.1 Å². The molecule has 2 rings (SSSR count). The summed E-state index contributed by atoms with van der Waals surface area (Å²) in [6, 6.07) is 0. The van der Waals surface area contributed by atoms with Crippen molar-refractivity contribution < 1.29 is 4.74 Å². The summed E-state index contributed by atoms with van der Waals surface area (Å²) < 4.78 is 5.75. The number of hydrogen-bond acceptors (Lipinski definition) is 2. The van der Waals surface area contributed by atoms with Crippen LogP contribution in [0.5, 0.6) is 0 Å². The fourth-order valence-electron chi connectivity index (χ4n) is 2.48. The molecule has 0 aromatic rings. The van der Waals surface area contributed by atoms with Crippen LogP contribution in [0.25, 0.3) is 0 Å². The zero-order valence-corrected chi connectivity index (χ0v) is 7.23. The smallest absolute Gasteiger partial charge is 0.119 e. The average molecular weight is 155 g/mol. The largest absolute Gasteiger partial charge is 0.361 e. The van der Waals surface area contributed by atoms with Gasteiger partial charge in [-0.25, -0.2) is 0 Å². The molecule has 1 aliphatic heterocycles. The number of fused-ring (bicyclic) bond motifs is 2. The van der Waals surface area contributed by atoms with Gasteiger partial charge in [-0.3, -0.25) is 5.32 Å². The highest BCUT2D eigenvalue weighted by atomic mass is 16.5. The molecule has 64 valence electrons. The minimum absolute atomic E-state index is 0.0949. The van der Waals surface area contributed by atoms with Gasteiger partial charge in [0.25, 0.3) is 0 Å². The third kappa shape index (κ3) is 1.30. The summed E-state index contributed by atoms with van der Waals surface area (Å²) in [7, 11) is 0. The molecule has 1 saturated heterocycles. The standard InChI is InChI=1S/C9H17NO/c1-2-11-9-5-3-8(7-9)4-6-10-9/h8,10H,2-7H2,1H3. The van der Waals surface area contributed by atoms with Gasteiger partial charge in [-0.05, 0) is 45.1 Å². The highest BCUT2D eigenvalue weighted by Crippen LogP contribution is 2.40. The topological polar surface area (TPSA) is 21.3 Å². The monoisotopic (exact) mass is 155 g/mol. The van der Waals surface area contributed by atoms with E-state index in [9.17, 15) is 0 Å². The lowest BCUT2D eigenvalue weighted by molar-refractivity contribution is -0.0710. The van der Waals surface area contributed by atoms with Crippen molar-refractivity contribution in [3.8, 4) is 0 Å². The summed E-state index contributed by atoms with van der Waals surface area (Å²) in [6.45, 7) is 4.09. The number of hydrogen-bond donors (Lipinski definition) is 1. The molecule has 0 radical (unpaired) electrons. The third-order valence-electron chi connectivity index (χ3n) is 3.00. The first-order chi connectivity index (χ1) is 5.35. The van der Waals surface area contributed by atoms with Crippen molar-refractivity contribution in [2.45, 2.75) is 38.3 Å². The van der Waals surface area contributed by atoms with Gasteiger partial charge in [0.05, 0.1) is 0 Å². The van der Waals surface area contributed by atoms with Gasteiger partial charge in [0.2, 0.25) is 0 Å². The predicted octanol–water partition coefficient (Wildman–Crippen LogP) is 1.51. The van der Waals surface area contributed by atoms with Crippen LogP contribution in [0.4, 0.5) is 0 Å². The van der Waals surface area contributed by atoms with Gasteiger partial charge >= 0.3 is 0 Å². The quantitative estimate of drug-likeness (QED) is 0.652. The van der Waals surface area contributed by atoms with Crippen molar-refractivity contribution in [2.24, 2.45) is 5.92 Å². The second kappa shape index (κ2) is 2.76. The Labute approximate surface area is 68.3 Å². The Bertz CT molecular complexity index is 139. The van der Waals surface area contributed by atoms with Crippen molar-refractivity contribution in [3.63, 3.8) is 0 Å². The van der Waals surface area contributed by atoms with Crippen molar-refractivity contribution in [3.05, 3.63) is 0 Å². The minimum atomic E-state index is 0.0949. The second-order valence-corrected chi connectivity index (χ2v) is 3.75. The highest BCUT2D eigenvalue weighted by molar-refractivity contribution is 4.93. The Balaban J connectivity index is 2.01. The van der Waals surface area contributed by atoms with Gasteiger partial charge in [-0.15, -0.1) is 0 Å². The number of nitrogens with one attached hydrogen (secondary N) is 1. The molecule has 1 saturated carbocycles. The van der Waals surface area contributed by atoms with Crippen LogP contribution < -0.4 is 5.32 Å². The Hall–Kier alpha value is -0.0800. The summed E-state index contributed by atoms with van der Waals surface area (Å²) in [5, 5.41) is 3.50. The molecule has 11 heavy (non-hydrogen) atoms. The van der Waals surface area contributed by atoms with E-state index in [1.165, 1.54) is 25.7 Å². The number of piperidine rings is 1. The fraction of sp³-hybridized carbons (Fsp3) is 1.00. The molecule has 2 aliphatic rings. The van der Waals surface area contributed by atoms with Gasteiger partial charge in [0.15, 0.2) is 0 Å². The molecule has 2 nitrogen and oxygen atoms in total. The lowest BCUT2D eigenvalue weighted by atomic mass is 9.99. The Morgan fingerprint density at radius 2 is 2.45 bits per heavy atom. The van der Waals surface area contributed by atoms with E-state index >= 15 is 0 Å². The normalized spacial score (nSPS) is 42.8. The Morgan fingerprint density at radius 1 is 1.55 bits per heavy atom. The van der Waals surface area contributed by atoms with Gasteiger partial charge in [0, 0.05) is 6.61 Å². The average Bonchev–Trinajstić information content (AvgIpc) is 2.28. The van der Waals surface area contributed by atoms with Crippen LogP contribution >= 0.6 is 0 Å². The summed E-state index contributed by atoms with van der Waals surface area (Å²) >= 11 is 0. The molecular formula is C9H17NO. The van der Waals surface area contributed by atoms with Crippen molar-refractivity contribution >= 4 is 0 Å². The molecule has 2 bridgehead atoms. The van der Waals surface area contributed by atoms with E-state index in [1.54, 1.807) is 0 Å². The van der Waals surface area contributed by atoms with Gasteiger partial charge in [-0.2, -0.15) is 0 Å². The van der Waals surface area contributed by atoms with Crippen molar-refractivity contribution in [1.82, 2.24) is 5.32 Å². The Morgan fingerprint density at radius 3 is 3.27 bits per heavy atom. The molecule has 1 heterocycles. The fourth-order valence-corrected chi connectivity index (χ4v) is 2.48. The SMILES string of the molecule is CCOC12CCC(CCN1)C2. The molecule has 2 heteroatoms. The van der Waals surface area contributed by atoms with Crippen LogP contribution in [-0.2, 0) is 4.74 Å². The van der Waals surface area contributed by atoms with Crippen LogP contribution in [0.1, 0.15) is 32.6 Å². The first kappa shape index (κ1) is 7.56. The maximum atomic E-state index is 5.75. The number of rotatable bonds is 2. The summed E-state index contributed by atoms with van der Waals surface area (Å²) in [6.07, 6.45) is 5.20. The van der Waals surface area contributed by atoms with Crippen LogP contribution in [-0.4, -0.2) is 18.9 Å². The van der Waals surface area contributed by atoms with Crippen molar-refractivity contribution in [2.75, 3.05) is 13.2 Å². The Kier molecular flexibility index (Phi) is 1.90. The molecule has 0 spiro atoms. The van der Waals surface area contributed by atoms with Crippen LogP contribution in [0.2, 0.25) is 0 Å². The van der Waals surface area contributed by atoms with Gasteiger partial charge in [0.1, 0.15) is 5.72 Å². The van der Waals surface area contributed by atoms with Crippen LogP contribution in [0, 0.1) is 5.92 Å². The van der Waals surface area contributed by atoms with E-state index in [2.05, 4.69) is 12.2 Å². The molecule has 0 amide bonds. The molecule has 2 fully saturated rings. The minimum Gasteiger partial charge on any atom is -0.361 e. The summed E-state index contributed by atoms with van der Waals surface area (Å²) in [4.78, 5) is 0. The molecule has 2 atom stereocenters. The molecule has 0 aromatic carbocycles. The summed E-state index contributed by atoms with van der Waals surface area (Å²) in [5.74, 6) is 0.947. The molecule has 1 N–H and O–H groups in total. The van der Waals surface area contributed by atoms with Crippen LogP contribution in [0.15, 0.2) is 0 Å². The molecule has 2 unspecified atom stereocenters. The maximum absolute atomic E-state index is 5.75. The lowest BCUT2D eigenvalue weighted by Gasteiger charge is -2.34. The van der Waals surface area contributed by atoms with Crippen LogP contribution in [0.3, 0.4) is 0 Å². The van der Waals surface area contributed by atoms with E-state index in [4.69, 9.17) is 4.74 Å². The predicted molar refractivity (Wildman–Crippen MR) is 44.3 cm³/mol.